The van der Waals surface area contributed by atoms with E-state index in [0.717, 1.165) is 22.6 Å². The van der Waals surface area contributed by atoms with Crippen LogP contribution in [0.1, 0.15) is 12.5 Å². The Kier molecular flexibility index (Phi) is 4.44. The number of rotatable bonds is 4. The lowest BCUT2D eigenvalue weighted by Gasteiger charge is -2.05. The third-order valence-corrected chi connectivity index (χ3v) is 4.13. The summed E-state index contributed by atoms with van der Waals surface area (Å²) in [6.45, 7) is 1.47. The Hall–Kier alpha value is -4.18. The number of aromatic nitrogens is 3. The molecule has 0 unspecified atom stereocenters. The fraction of sp³-hybridized carbons (Fsp3) is 0.0476. The number of hydrogen-bond acceptors (Lipinski definition) is 5. The van der Waals surface area contributed by atoms with Gasteiger partial charge in [0.1, 0.15) is 0 Å². The van der Waals surface area contributed by atoms with E-state index in [1.807, 2.05) is 54.6 Å². The van der Waals surface area contributed by atoms with Crippen LogP contribution in [-0.4, -0.2) is 20.5 Å². The van der Waals surface area contributed by atoms with Crippen LogP contribution < -0.4 is 10.6 Å². The summed E-state index contributed by atoms with van der Waals surface area (Å²) in [5.41, 5.74) is 4.68. The number of fused-ring (bicyclic) bond motifs is 1. The molecule has 7 nitrogen and oxygen atoms in total. The first-order valence-corrected chi connectivity index (χ1v) is 8.63. The van der Waals surface area contributed by atoms with E-state index >= 15 is 0 Å². The van der Waals surface area contributed by atoms with Crippen molar-refractivity contribution in [2.45, 2.75) is 6.92 Å². The smallest absolute Gasteiger partial charge is 0.247 e. The maximum absolute atomic E-state index is 11.1. The molecule has 2 aromatic carbocycles. The maximum atomic E-state index is 11.1. The fourth-order valence-electron chi connectivity index (χ4n) is 2.86. The number of nitrogens with zero attached hydrogens (tertiary/aromatic N) is 4. The van der Waals surface area contributed by atoms with E-state index in [2.05, 4.69) is 26.8 Å². The minimum Gasteiger partial charge on any atom is -0.326 e. The van der Waals surface area contributed by atoms with E-state index in [1.165, 1.54) is 6.92 Å². The molecule has 28 heavy (non-hydrogen) atoms. The van der Waals surface area contributed by atoms with Gasteiger partial charge in [0, 0.05) is 23.9 Å². The molecular formula is C21H16N6O. The van der Waals surface area contributed by atoms with Gasteiger partial charge in [-0.2, -0.15) is 10.2 Å². The van der Waals surface area contributed by atoms with Gasteiger partial charge in [-0.3, -0.25) is 4.79 Å². The van der Waals surface area contributed by atoms with Crippen LogP contribution in [0.2, 0.25) is 0 Å². The van der Waals surface area contributed by atoms with Crippen molar-refractivity contribution in [3.8, 4) is 17.3 Å². The molecule has 0 atom stereocenters. The molecule has 4 rings (SSSR count). The molecule has 1 amide bonds. The molecule has 7 heteroatoms. The molecule has 0 fully saturated rings. The summed E-state index contributed by atoms with van der Waals surface area (Å²) in [5.74, 6) is 0.353. The van der Waals surface area contributed by atoms with Crippen LogP contribution in [0.4, 0.5) is 17.3 Å². The Labute approximate surface area is 161 Å². The highest BCUT2D eigenvalue weighted by atomic mass is 16.1. The molecule has 4 aromatic rings. The van der Waals surface area contributed by atoms with Crippen molar-refractivity contribution >= 4 is 28.9 Å². The number of benzene rings is 2. The molecule has 0 aliphatic heterocycles. The van der Waals surface area contributed by atoms with Crippen molar-refractivity contribution in [2.75, 3.05) is 10.6 Å². The van der Waals surface area contributed by atoms with Gasteiger partial charge in [0.25, 0.3) is 0 Å². The van der Waals surface area contributed by atoms with Crippen molar-refractivity contribution in [1.29, 1.82) is 5.26 Å². The molecule has 0 saturated heterocycles. The number of pyridine rings is 1. The van der Waals surface area contributed by atoms with Crippen LogP contribution in [0.25, 0.3) is 16.9 Å². The van der Waals surface area contributed by atoms with Gasteiger partial charge in [-0.1, -0.05) is 18.2 Å². The van der Waals surface area contributed by atoms with E-state index in [1.54, 1.807) is 16.6 Å². The van der Waals surface area contributed by atoms with Crippen molar-refractivity contribution in [3.05, 3.63) is 72.3 Å². The van der Waals surface area contributed by atoms with Crippen LogP contribution >= 0.6 is 0 Å². The van der Waals surface area contributed by atoms with Gasteiger partial charge in [0.15, 0.2) is 5.65 Å². The summed E-state index contributed by atoms with van der Waals surface area (Å²) >= 11 is 0. The summed E-state index contributed by atoms with van der Waals surface area (Å²) in [5, 5.41) is 19.4. The number of amides is 1. The zero-order valence-corrected chi connectivity index (χ0v) is 15.0. The quantitative estimate of drug-likeness (QED) is 0.568. The molecule has 0 radical (unpaired) electrons. The maximum Gasteiger partial charge on any atom is 0.247 e. The van der Waals surface area contributed by atoms with Crippen molar-refractivity contribution < 1.29 is 4.79 Å². The van der Waals surface area contributed by atoms with E-state index in [-0.39, 0.29) is 5.91 Å². The molecule has 0 aliphatic carbocycles. The van der Waals surface area contributed by atoms with Crippen LogP contribution in [0.3, 0.4) is 0 Å². The zero-order valence-electron chi connectivity index (χ0n) is 15.0. The number of nitrogens with one attached hydrogen (secondary N) is 2. The molecule has 0 bridgehead atoms. The first-order chi connectivity index (χ1) is 13.6. The van der Waals surface area contributed by atoms with Gasteiger partial charge in [0.05, 0.1) is 17.3 Å². The highest BCUT2D eigenvalue weighted by Crippen LogP contribution is 2.23. The Bertz CT molecular complexity index is 1190. The van der Waals surface area contributed by atoms with Gasteiger partial charge in [-0.05, 0) is 48.5 Å². The van der Waals surface area contributed by atoms with Gasteiger partial charge < -0.3 is 10.6 Å². The molecule has 0 aliphatic rings. The van der Waals surface area contributed by atoms with Gasteiger partial charge in [-0.15, -0.1) is 5.10 Å². The predicted molar refractivity (Wildman–Crippen MR) is 107 cm³/mol. The van der Waals surface area contributed by atoms with Crippen molar-refractivity contribution in [3.63, 3.8) is 0 Å². The molecule has 0 spiro atoms. The van der Waals surface area contributed by atoms with Crippen LogP contribution in [-0.2, 0) is 4.79 Å². The lowest BCUT2D eigenvalue weighted by atomic mass is 10.1. The summed E-state index contributed by atoms with van der Waals surface area (Å²) in [6, 6.07) is 22.5. The largest absolute Gasteiger partial charge is 0.326 e. The van der Waals surface area contributed by atoms with Gasteiger partial charge in [0.2, 0.25) is 11.9 Å². The third-order valence-electron chi connectivity index (χ3n) is 4.13. The summed E-state index contributed by atoms with van der Waals surface area (Å²) in [6.07, 6.45) is 0. The Balaban J connectivity index is 1.63. The summed E-state index contributed by atoms with van der Waals surface area (Å²) in [4.78, 5) is 15.6. The zero-order chi connectivity index (χ0) is 19.5. The van der Waals surface area contributed by atoms with Gasteiger partial charge in [-0.25, -0.2) is 4.52 Å². The molecule has 136 valence electrons. The number of anilines is 3. The highest BCUT2D eigenvalue weighted by Gasteiger charge is 2.09. The molecule has 0 saturated carbocycles. The average molecular weight is 368 g/mol. The lowest BCUT2D eigenvalue weighted by Crippen LogP contribution is -2.05. The monoisotopic (exact) mass is 368 g/mol. The Morgan fingerprint density at radius 2 is 1.71 bits per heavy atom. The first kappa shape index (κ1) is 17.2. The van der Waals surface area contributed by atoms with Crippen LogP contribution in [0, 0.1) is 11.3 Å². The van der Waals surface area contributed by atoms with Crippen molar-refractivity contribution in [1.82, 2.24) is 14.6 Å². The van der Waals surface area contributed by atoms with Crippen LogP contribution in [0.15, 0.2) is 66.7 Å². The second-order valence-electron chi connectivity index (χ2n) is 6.19. The minimum absolute atomic E-state index is 0.113. The summed E-state index contributed by atoms with van der Waals surface area (Å²) in [7, 11) is 0. The highest BCUT2D eigenvalue weighted by molar-refractivity contribution is 5.88. The number of hydrogen-bond donors (Lipinski definition) is 2. The topological polar surface area (TPSA) is 95.1 Å². The second-order valence-corrected chi connectivity index (χ2v) is 6.19. The van der Waals surface area contributed by atoms with E-state index < -0.39 is 0 Å². The number of carbonyl (C=O) groups excluding carboxylic acids is 1. The number of carbonyl (C=O) groups is 1. The lowest BCUT2D eigenvalue weighted by molar-refractivity contribution is -0.114. The van der Waals surface area contributed by atoms with Crippen LogP contribution in [0.5, 0.6) is 0 Å². The molecular weight excluding hydrogens is 352 g/mol. The standard InChI is InChI=1S/C21H16N6O/c1-14(28)23-17-9-11-18(12-10-17)24-21-25-20-4-2-3-19(27(20)26-21)16-7-5-15(13-22)6-8-16/h2-12H,1H3,(H,23,28)(H,24,26). The van der Waals surface area contributed by atoms with Gasteiger partial charge >= 0.3 is 0 Å². The predicted octanol–water partition coefficient (Wildman–Crippen LogP) is 3.97. The average Bonchev–Trinajstić information content (AvgIpc) is 3.11. The Morgan fingerprint density at radius 1 is 1.00 bits per heavy atom. The molecule has 2 N–H and O–H groups in total. The third kappa shape index (κ3) is 3.52. The molecule has 2 heterocycles. The SMILES string of the molecule is CC(=O)Nc1ccc(Nc2nc3cccc(-c4ccc(C#N)cc4)n3n2)cc1. The van der Waals surface area contributed by atoms with E-state index in [0.29, 0.717) is 17.2 Å². The minimum atomic E-state index is -0.113. The summed E-state index contributed by atoms with van der Waals surface area (Å²) < 4.78 is 1.76. The van der Waals surface area contributed by atoms with E-state index in [4.69, 9.17) is 5.26 Å². The van der Waals surface area contributed by atoms with E-state index in [9.17, 15) is 4.79 Å². The first-order valence-electron chi connectivity index (χ1n) is 8.63. The number of nitriles is 1. The van der Waals surface area contributed by atoms with Crippen molar-refractivity contribution in [2.24, 2.45) is 0 Å². The molecule has 2 aromatic heterocycles. The second kappa shape index (κ2) is 7.21. The normalized spacial score (nSPS) is 10.4. The fourth-order valence-corrected chi connectivity index (χ4v) is 2.86. The Morgan fingerprint density at radius 3 is 2.39 bits per heavy atom.